The average Bonchev–Trinajstić information content (AvgIpc) is 2.28. The van der Waals surface area contributed by atoms with Crippen molar-refractivity contribution in [2.45, 2.75) is 32.1 Å². The van der Waals surface area contributed by atoms with Crippen LogP contribution in [0.3, 0.4) is 0 Å². The zero-order valence-electron chi connectivity index (χ0n) is 10.7. The summed E-state index contributed by atoms with van der Waals surface area (Å²) in [5, 5.41) is 9.47. The molecule has 3 atom stereocenters. The van der Waals surface area contributed by atoms with Gasteiger partial charge in [-0.1, -0.05) is 30.3 Å². The molecular formula is C14H19NO3. The summed E-state index contributed by atoms with van der Waals surface area (Å²) in [6.45, 7) is 5.26. The fourth-order valence-electron chi connectivity index (χ4n) is 2.57. The molecule has 0 aromatic heterocycles. The van der Waals surface area contributed by atoms with Crippen molar-refractivity contribution >= 4 is 5.97 Å². The Balaban J connectivity index is 2.23. The first-order valence-corrected chi connectivity index (χ1v) is 6.25. The smallest absolute Gasteiger partial charge is 0.325 e. The van der Waals surface area contributed by atoms with E-state index in [1.165, 1.54) is 0 Å². The van der Waals surface area contributed by atoms with E-state index in [1.807, 2.05) is 49.1 Å². The van der Waals surface area contributed by atoms with Gasteiger partial charge in [0.1, 0.15) is 6.04 Å². The Bertz CT molecular complexity index is 397. The van der Waals surface area contributed by atoms with Crippen molar-refractivity contribution < 1.29 is 14.6 Å². The van der Waals surface area contributed by atoms with Crippen LogP contribution in [0.1, 0.15) is 25.5 Å². The summed E-state index contributed by atoms with van der Waals surface area (Å²) in [5.74, 6) is -0.803. The Kier molecular flexibility index (Phi) is 3.99. The van der Waals surface area contributed by atoms with Gasteiger partial charge < -0.3 is 9.84 Å². The Morgan fingerprint density at radius 1 is 1.28 bits per heavy atom. The van der Waals surface area contributed by atoms with E-state index in [2.05, 4.69) is 0 Å². The number of ether oxygens (including phenoxy) is 1. The number of morpholine rings is 1. The fraction of sp³-hybridized carbons (Fsp3) is 0.500. The molecule has 1 fully saturated rings. The molecule has 18 heavy (non-hydrogen) atoms. The molecule has 1 N–H and O–H groups in total. The first-order valence-electron chi connectivity index (χ1n) is 6.25. The Morgan fingerprint density at radius 3 is 2.33 bits per heavy atom. The van der Waals surface area contributed by atoms with Crippen molar-refractivity contribution in [1.82, 2.24) is 4.90 Å². The molecule has 4 nitrogen and oxygen atoms in total. The quantitative estimate of drug-likeness (QED) is 0.889. The second-order valence-corrected chi connectivity index (χ2v) is 4.86. The number of nitrogens with zero attached hydrogens (tertiary/aromatic N) is 1. The van der Waals surface area contributed by atoms with Crippen LogP contribution < -0.4 is 0 Å². The topological polar surface area (TPSA) is 49.8 Å². The maximum atomic E-state index is 11.5. The molecule has 1 aromatic carbocycles. The van der Waals surface area contributed by atoms with E-state index in [0.717, 1.165) is 5.56 Å². The maximum absolute atomic E-state index is 11.5. The number of carbonyl (C=O) groups is 1. The number of rotatable bonds is 3. The van der Waals surface area contributed by atoms with Gasteiger partial charge in [-0.25, -0.2) is 0 Å². The number of carboxylic acids is 1. The highest BCUT2D eigenvalue weighted by Gasteiger charge is 2.32. The van der Waals surface area contributed by atoms with Crippen LogP contribution in [0.5, 0.6) is 0 Å². The summed E-state index contributed by atoms with van der Waals surface area (Å²) in [6, 6.07) is 8.79. The number of aliphatic carboxylic acids is 1. The Morgan fingerprint density at radius 2 is 1.83 bits per heavy atom. The highest BCUT2D eigenvalue weighted by molar-refractivity contribution is 5.75. The molecule has 0 radical (unpaired) electrons. The van der Waals surface area contributed by atoms with E-state index >= 15 is 0 Å². The molecule has 1 aliphatic rings. The van der Waals surface area contributed by atoms with Crippen LogP contribution >= 0.6 is 0 Å². The maximum Gasteiger partial charge on any atom is 0.325 e. The first-order chi connectivity index (χ1) is 8.58. The summed E-state index contributed by atoms with van der Waals surface area (Å²) < 4.78 is 5.65. The summed E-state index contributed by atoms with van der Waals surface area (Å²) in [5.41, 5.74) is 0.825. The third-order valence-electron chi connectivity index (χ3n) is 3.16. The summed E-state index contributed by atoms with van der Waals surface area (Å²) in [7, 11) is 0. The van der Waals surface area contributed by atoms with E-state index in [1.54, 1.807) is 0 Å². The van der Waals surface area contributed by atoms with E-state index in [-0.39, 0.29) is 12.2 Å². The van der Waals surface area contributed by atoms with Gasteiger partial charge >= 0.3 is 5.97 Å². The van der Waals surface area contributed by atoms with Crippen molar-refractivity contribution in [1.29, 1.82) is 0 Å². The SMILES string of the molecule is CC1CN(C(C(=O)O)c2ccccc2)CC(C)O1. The summed E-state index contributed by atoms with van der Waals surface area (Å²) in [4.78, 5) is 13.5. The zero-order chi connectivity index (χ0) is 13.1. The van der Waals surface area contributed by atoms with Gasteiger partial charge in [0.25, 0.3) is 0 Å². The number of carboxylic acid groups (broad SMARTS) is 1. The minimum atomic E-state index is -0.803. The highest BCUT2D eigenvalue weighted by atomic mass is 16.5. The van der Waals surface area contributed by atoms with E-state index in [9.17, 15) is 9.90 Å². The molecule has 0 saturated carbocycles. The Hall–Kier alpha value is -1.39. The molecule has 0 spiro atoms. The predicted molar refractivity (Wildman–Crippen MR) is 68.4 cm³/mol. The molecule has 0 amide bonds. The van der Waals surface area contributed by atoms with Gasteiger partial charge in [-0.3, -0.25) is 9.69 Å². The van der Waals surface area contributed by atoms with Crippen molar-refractivity contribution in [3.8, 4) is 0 Å². The largest absolute Gasteiger partial charge is 0.480 e. The lowest BCUT2D eigenvalue weighted by atomic mass is 10.0. The van der Waals surface area contributed by atoms with Crippen LogP contribution in [0, 0.1) is 0 Å². The number of benzene rings is 1. The Labute approximate surface area is 107 Å². The van der Waals surface area contributed by atoms with Crippen LogP contribution in [0.4, 0.5) is 0 Å². The average molecular weight is 249 g/mol. The minimum Gasteiger partial charge on any atom is -0.480 e. The normalized spacial score (nSPS) is 26.8. The van der Waals surface area contributed by atoms with Gasteiger partial charge in [0.15, 0.2) is 0 Å². The van der Waals surface area contributed by atoms with Crippen molar-refractivity contribution in [2.24, 2.45) is 0 Å². The lowest BCUT2D eigenvalue weighted by Gasteiger charge is -2.38. The lowest BCUT2D eigenvalue weighted by Crippen LogP contribution is -2.48. The molecular weight excluding hydrogens is 230 g/mol. The summed E-state index contributed by atoms with van der Waals surface area (Å²) >= 11 is 0. The van der Waals surface area contributed by atoms with E-state index < -0.39 is 12.0 Å². The van der Waals surface area contributed by atoms with Crippen molar-refractivity contribution in [2.75, 3.05) is 13.1 Å². The zero-order valence-corrected chi connectivity index (χ0v) is 10.7. The fourth-order valence-corrected chi connectivity index (χ4v) is 2.57. The molecule has 1 heterocycles. The van der Waals surface area contributed by atoms with Gasteiger partial charge in [0, 0.05) is 13.1 Å². The standard InChI is InChI=1S/C14H19NO3/c1-10-8-15(9-11(2)18-10)13(14(16)17)12-6-4-3-5-7-12/h3-7,10-11,13H,8-9H2,1-2H3,(H,16,17). The van der Waals surface area contributed by atoms with Gasteiger partial charge in [-0.15, -0.1) is 0 Å². The van der Waals surface area contributed by atoms with E-state index in [0.29, 0.717) is 13.1 Å². The van der Waals surface area contributed by atoms with E-state index in [4.69, 9.17) is 4.74 Å². The molecule has 4 heteroatoms. The molecule has 2 rings (SSSR count). The van der Waals surface area contributed by atoms with Crippen molar-refractivity contribution in [3.63, 3.8) is 0 Å². The second-order valence-electron chi connectivity index (χ2n) is 4.86. The monoisotopic (exact) mass is 249 g/mol. The molecule has 0 bridgehead atoms. The van der Waals surface area contributed by atoms with Crippen molar-refractivity contribution in [3.05, 3.63) is 35.9 Å². The van der Waals surface area contributed by atoms with Crippen LogP contribution in [0.15, 0.2) is 30.3 Å². The second kappa shape index (κ2) is 5.50. The lowest BCUT2D eigenvalue weighted by molar-refractivity contribution is -0.149. The third-order valence-corrected chi connectivity index (χ3v) is 3.16. The minimum absolute atomic E-state index is 0.0688. The van der Waals surface area contributed by atoms with Crippen LogP contribution in [0.2, 0.25) is 0 Å². The summed E-state index contributed by atoms with van der Waals surface area (Å²) in [6.07, 6.45) is 0.138. The molecule has 1 saturated heterocycles. The predicted octanol–water partition coefficient (Wildman–Crippen LogP) is 1.92. The molecule has 3 unspecified atom stereocenters. The molecule has 1 aromatic rings. The third kappa shape index (κ3) is 2.89. The van der Waals surface area contributed by atoms with Crippen LogP contribution in [-0.2, 0) is 9.53 Å². The van der Waals surface area contributed by atoms with Gasteiger partial charge in [-0.2, -0.15) is 0 Å². The van der Waals surface area contributed by atoms with Gasteiger partial charge in [0.2, 0.25) is 0 Å². The van der Waals surface area contributed by atoms with Crippen LogP contribution in [0.25, 0.3) is 0 Å². The number of hydrogen-bond donors (Lipinski definition) is 1. The first kappa shape index (κ1) is 13.1. The molecule has 98 valence electrons. The molecule has 0 aliphatic carbocycles. The number of hydrogen-bond acceptors (Lipinski definition) is 3. The van der Waals surface area contributed by atoms with Gasteiger partial charge in [0.05, 0.1) is 12.2 Å². The highest BCUT2D eigenvalue weighted by Crippen LogP contribution is 2.25. The molecule has 1 aliphatic heterocycles. The van der Waals surface area contributed by atoms with Gasteiger partial charge in [-0.05, 0) is 19.4 Å². The van der Waals surface area contributed by atoms with Crippen LogP contribution in [-0.4, -0.2) is 41.3 Å².